The van der Waals surface area contributed by atoms with E-state index in [0.717, 1.165) is 5.56 Å². The maximum atomic E-state index is 11.9. The van der Waals surface area contributed by atoms with Crippen molar-refractivity contribution in [3.05, 3.63) is 66.2 Å². The number of hydrogen-bond acceptors (Lipinski definition) is 3. The fourth-order valence-electron chi connectivity index (χ4n) is 1.97. The van der Waals surface area contributed by atoms with Crippen molar-refractivity contribution >= 4 is 17.6 Å². The maximum Gasteiger partial charge on any atom is 0.306 e. The van der Waals surface area contributed by atoms with Crippen molar-refractivity contribution in [3.8, 4) is 0 Å². The van der Waals surface area contributed by atoms with E-state index in [1.807, 2.05) is 48.5 Å². The first-order valence-corrected chi connectivity index (χ1v) is 7.24. The van der Waals surface area contributed by atoms with E-state index >= 15 is 0 Å². The molecule has 4 heteroatoms. The summed E-state index contributed by atoms with van der Waals surface area (Å²) in [5.74, 6) is -0.709. The van der Waals surface area contributed by atoms with Gasteiger partial charge in [0.1, 0.15) is 0 Å². The number of rotatable bonds is 6. The lowest BCUT2D eigenvalue weighted by Crippen LogP contribution is -2.30. The third-order valence-corrected chi connectivity index (χ3v) is 3.18. The van der Waals surface area contributed by atoms with E-state index in [2.05, 4.69) is 5.32 Å². The van der Waals surface area contributed by atoms with E-state index in [1.54, 1.807) is 19.1 Å². The van der Waals surface area contributed by atoms with Crippen molar-refractivity contribution < 1.29 is 14.3 Å². The number of aryl methyl sites for hydroxylation is 1. The van der Waals surface area contributed by atoms with Crippen molar-refractivity contribution in [3.63, 3.8) is 0 Å². The van der Waals surface area contributed by atoms with Gasteiger partial charge in [0.2, 0.25) is 0 Å². The van der Waals surface area contributed by atoms with Crippen LogP contribution in [-0.4, -0.2) is 18.0 Å². The van der Waals surface area contributed by atoms with E-state index < -0.39 is 6.10 Å². The predicted molar refractivity (Wildman–Crippen MR) is 85.4 cm³/mol. The number of benzene rings is 2. The van der Waals surface area contributed by atoms with Crippen LogP contribution in [0.15, 0.2) is 60.7 Å². The topological polar surface area (TPSA) is 55.4 Å². The van der Waals surface area contributed by atoms with Crippen LogP contribution in [-0.2, 0) is 20.7 Å². The molecule has 0 saturated heterocycles. The Bertz CT molecular complexity index is 611. The lowest BCUT2D eigenvalue weighted by Gasteiger charge is -2.13. The van der Waals surface area contributed by atoms with Crippen LogP contribution in [0.4, 0.5) is 5.69 Å². The number of nitrogens with one attached hydrogen (secondary N) is 1. The third kappa shape index (κ3) is 5.05. The minimum absolute atomic E-state index is 0.257. The molecule has 22 heavy (non-hydrogen) atoms. The van der Waals surface area contributed by atoms with E-state index in [9.17, 15) is 9.59 Å². The number of carbonyl (C=O) groups is 2. The summed E-state index contributed by atoms with van der Waals surface area (Å²) < 4.78 is 5.16. The summed E-state index contributed by atoms with van der Waals surface area (Å²) >= 11 is 0. The van der Waals surface area contributed by atoms with Gasteiger partial charge < -0.3 is 10.1 Å². The molecule has 1 amide bonds. The van der Waals surface area contributed by atoms with Crippen LogP contribution >= 0.6 is 0 Å². The predicted octanol–water partition coefficient (Wildman–Crippen LogP) is 3.19. The normalized spacial score (nSPS) is 11.5. The summed E-state index contributed by atoms with van der Waals surface area (Å²) in [6, 6.07) is 18.8. The Morgan fingerprint density at radius 1 is 1.00 bits per heavy atom. The second-order valence-corrected chi connectivity index (χ2v) is 4.97. The number of esters is 1. The van der Waals surface area contributed by atoms with Gasteiger partial charge in [-0.05, 0) is 31.0 Å². The van der Waals surface area contributed by atoms with Crippen LogP contribution in [0, 0.1) is 0 Å². The second kappa shape index (κ2) is 7.98. The number of hydrogen-bond donors (Lipinski definition) is 1. The van der Waals surface area contributed by atoms with Gasteiger partial charge in [0.15, 0.2) is 6.10 Å². The standard InChI is InChI=1S/C18H19NO3/c1-14(18(21)19-16-10-6-3-7-11-16)22-17(20)13-12-15-8-4-2-5-9-15/h2-11,14H,12-13H2,1H3,(H,19,21)/t14-/m0/s1. The number of amides is 1. The molecule has 0 aliphatic carbocycles. The smallest absolute Gasteiger partial charge is 0.306 e. The number of anilines is 1. The molecule has 114 valence electrons. The molecule has 0 aromatic heterocycles. The molecule has 0 spiro atoms. The van der Waals surface area contributed by atoms with Gasteiger partial charge in [-0.3, -0.25) is 9.59 Å². The second-order valence-electron chi connectivity index (χ2n) is 4.97. The van der Waals surface area contributed by atoms with Crippen LogP contribution in [0.2, 0.25) is 0 Å². The Kier molecular flexibility index (Phi) is 5.72. The highest BCUT2D eigenvalue weighted by Crippen LogP contribution is 2.08. The van der Waals surface area contributed by atoms with Gasteiger partial charge in [0.05, 0.1) is 0 Å². The molecular weight excluding hydrogens is 278 g/mol. The lowest BCUT2D eigenvalue weighted by molar-refractivity contribution is -0.153. The van der Waals surface area contributed by atoms with Gasteiger partial charge in [0.25, 0.3) is 5.91 Å². The van der Waals surface area contributed by atoms with Crippen molar-refractivity contribution in [1.29, 1.82) is 0 Å². The SMILES string of the molecule is C[C@H](OC(=O)CCc1ccccc1)C(=O)Nc1ccccc1. The molecule has 0 bridgehead atoms. The zero-order valence-corrected chi connectivity index (χ0v) is 12.5. The average molecular weight is 297 g/mol. The first kappa shape index (κ1) is 15.8. The minimum Gasteiger partial charge on any atom is -0.453 e. The highest BCUT2D eigenvalue weighted by atomic mass is 16.5. The Morgan fingerprint density at radius 2 is 1.59 bits per heavy atom. The van der Waals surface area contributed by atoms with E-state index in [-0.39, 0.29) is 18.3 Å². The summed E-state index contributed by atoms with van der Waals surface area (Å²) in [5.41, 5.74) is 1.75. The molecule has 0 aliphatic heterocycles. The fraction of sp³-hybridized carbons (Fsp3) is 0.222. The molecular formula is C18H19NO3. The summed E-state index contributed by atoms with van der Waals surface area (Å²) in [4.78, 5) is 23.7. The summed E-state index contributed by atoms with van der Waals surface area (Å²) in [7, 11) is 0. The first-order valence-electron chi connectivity index (χ1n) is 7.24. The van der Waals surface area contributed by atoms with E-state index in [0.29, 0.717) is 12.1 Å². The first-order chi connectivity index (χ1) is 10.6. The van der Waals surface area contributed by atoms with Gasteiger partial charge >= 0.3 is 5.97 Å². The fourth-order valence-corrected chi connectivity index (χ4v) is 1.97. The van der Waals surface area contributed by atoms with E-state index in [4.69, 9.17) is 4.74 Å². The maximum absolute atomic E-state index is 11.9. The molecule has 0 heterocycles. The summed E-state index contributed by atoms with van der Waals surface area (Å²) in [6.45, 7) is 1.57. The molecule has 2 aromatic rings. The van der Waals surface area contributed by atoms with Crippen LogP contribution in [0.1, 0.15) is 18.9 Å². The van der Waals surface area contributed by atoms with Gasteiger partial charge in [0, 0.05) is 12.1 Å². The largest absolute Gasteiger partial charge is 0.453 e. The molecule has 0 aliphatic rings. The van der Waals surface area contributed by atoms with E-state index in [1.165, 1.54) is 0 Å². The van der Waals surface area contributed by atoms with Crippen LogP contribution in [0.25, 0.3) is 0 Å². The molecule has 2 rings (SSSR count). The third-order valence-electron chi connectivity index (χ3n) is 3.18. The quantitative estimate of drug-likeness (QED) is 0.833. The van der Waals surface area contributed by atoms with Crippen molar-refractivity contribution in [1.82, 2.24) is 0 Å². The van der Waals surface area contributed by atoms with Gasteiger partial charge in [-0.15, -0.1) is 0 Å². The Balaban J connectivity index is 1.77. The van der Waals surface area contributed by atoms with Crippen molar-refractivity contribution in [2.24, 2.45) is 0 Å². The van der Waals surface area contributed by atoms with Gasteiger partial charge in [-0.2, -0.15) is 0 Å². The van der Waals surface area contributed by atoms with Crippen LogP contribution < -0.4 is 5.32 Å². The highest BCUT2D eigenvalue weighted by molar-refractivity contribution is 5.95. The number of carbonyl (C=O) groups excluding carboxylic acids is 2. The molecule has 1 N–H and O–H groups in total. The summed E-state index contributed by atoms with van der Waals surface area (Å²) in [6.07, 6.45) is 0.0446. The zero-order valence-electron chi connectivity index (χ0n) is 12.5. The van der Waals surface area contributed by atoms with Crippen molar-refractivity contribution in [2.45, 2.75) is 25.9 Å². The van der Waals surface area contributed by atoms with Crippen LogP contribution in [0.5, 0.6) is 0 Å². The summed E-state index contributed by atoms with van der Waals surface area (Å²) in [5, 5.41) is 2.70. The molecule has 0 unspecified atom stereocenters. The molecule has 4 nitrogen and oxygen atoms in total. The molecule has 2 aromatic carbocycles. The van der Waals surface area contributed by atoms with Crippen molar-refractivity contribution in [2.75, 3.05) is 5.32 Å². The molecule has 0 fully saturated rings. The number of para-hydroxylation sites is 1. The Labute approximate surface area is 130 Å². The highest BCUT2D eigenvalue weighted by Gasteiger charge is 2.17. The average Bonchev–Trinajstić information content (AvgIpc) is 2.55. The molecule has 0 saturated carbocycles. The zero-order chi connectivity index (χ0) is 15.8. The van der Waals surface area contributed by atoms with Crippen LogP contribution in [0.3, 0.4) is 0 Å². The Morgan fingerprint density at radius 3 is 2.23 bits per heavy atom. The van der Waals surface area contributed by atoms with Gasteiger partial charge in [-0.1, -0.05) is 48.5 Å². The molecule has 1 atom stereocenters. The monoisotopic (exact) mass is 297 g/mol. The Hall–Kier alpha value is -2.62. The lowest BCUT2D eigenvalue weighted by atomic mass is 10.1. The minimum atomic E-state index is -0.816. The van der Waals surface area contributed by atoms with Gasteiger partial charge in [-0.25, -0.2) is 0 Å². The molecule has 0 radical (unpaired) electrons. The number of ether oxygens (including phenoxy) is 1.